The van der Waals surface area contributed by atoms with E-state index in [9.17, 15) is 26.7 Å². The van der Waals surface area contributed by atoms with Crippen LogP contribution in [0.15, 0.2) is 18.2 Å². The van der Waals surface area contributed by atoms with Gasteiger partial charge in [0.05, 0.1) is 29.0 Å². The van der Waals surface area contributed by atoms with Crippen LogP contribution in [-0.4, -0.2) is 28.0 Å². The van der Waals surface area contributed by atoms with Gasteiger partial charge in [-0.25, -0.2) is 13.8 Å². The number of imidazole rings is 1. The van der Waals surface area contributed by atoms with Gasteiger partial charge < -0.3 is 16.0 Å². The lowest BCUT2D eigenvalue weighted by molar-refractivity contribution is -0.174. The second-order valence-corrected chi connectivity index (χ2v) is 9.67. The minimum Gasteiger partial charge on any atom is -0.349 e. The molecule has 5 nitrogen and oxygen atoms in total. The number of halogens is 6. The number of hydrogen-bond donors (Lipinski definition) is 3. The third-order valence-electron chi connectivity index (χ3n) is 6.85. The number of nitrogens with one attached hydrogen (secondary N) is 2. The fraction of sp³-hybridized carbons (Fsp3) is 0.652. The van der Waals surface area contributed by atoms with Crippen molar-refractivity contribution < 1.29 is 26.7 Å². The van der Waals surface area contributed by atoms with Gasteiger partial charge in [-0.2, -0.15) is 13.2 Å². The Morgan fingerprint density at radius 1 is 1.26 bits per heavy atom. The smallest absolute Gasteiger partial charge is 0.349 e. The number of nitrogens with two attached hydrogens (primary N) is 1. The van der Waals surface area contributed by atoms with Crippen LogP contribution in [0, 0.1) is 17.8 Å². The van der Waals surface area contributed by atoms with E-state index in [1.165, 1.54) is 0 Å². The van der Waals surface area contributed by atoms with E-state index >= 15 is 0 Å². The first-order chi connectivity index (χ1) is 15.4. The van der Waals surface area contributed by atoms with E-state index in [-0.39, 0.29) is 43.1 Å². The minimum atomic E-state index is -4.42. The second-order valence-electron chi connectivity index (χ2n) is 9.67. The van der Waals surface area contributed by atoms with Gasteiger partial charge in [-0.1, -0.05) is 13.0 Å². The summed E-state index contributed by atoms with van der Waals surface area (Å²) in [6.45, 7) is 0.995. The molecule has 0 bridgehead atoms. The van der Waals surface area contributed by atoms with E-state index < -0.39 is 36.4 Å². The Balaban J connectivity index is 0.00000324. The van der Waals surface area contributed by atoms with Crippen LogP contribution in [0.2, 0.25) is 0 Å². The molecule has 2 fully saturated rings. The van der Waals surface area contributed by atoms with Gasteiger partial charge in [-0.3, -0.25) is 4.79 Å². The second kappa shape index (κ2) is 9.97. The summed E-state index contributed by atoms with van der Waals surface area (Å²) >= 11 is 0. The molecular weight excluding hydrogens is 479 g/mol. The first-order valence-corrected chi connectivity index (χ1v) is 11.4. The highest BCUT2D eigenvalue weighted by Crippen LogP contribution is 2.43. The first kappa shape index (κ1) is 26.7. The molecular formula is C23H30ClF5N4O. The molecule has 1 aromatic heterocycles. The fourth-order valence-corrected chi connectivity index (χ4v) is 4.67. The highest BCUT2D eigenvalue weighted by Gasteiger charge is 2.40. The quantitative estimate of drug-likeness (QED) is 0.403. The third-order valence-corrected chi connectivity index (χ3v) is 6.85. The van der Waals surface area contributed by atoms with Crippen molar-refractivity contribution in [1.29, 1.82) is 0 Å². The van der Waals surface area contributed by atoms with Gasteiger partial charge in [-0.05, 0) is 55.2 Å². The maximum atomic E-state index is 13.8. The predicted octanol–water partition coefficient (Wildman–Crippen LogP) is 5.97. The predicted molar refractivity (Wildman–Crippen MR) is 121 cm³/mol. The molecule has 4 atom stereocenters. The number of fused-ring (bicyclic) bond motifs is 1. The SMILES string of the molecule is CC(CC(=O)N[C@@H](c1ccc2nc([C@@H](N)[C@@H]3CCCC(F)(F)C3)[nH]c2c1)C1CC1)C(F)(F)F.Cl. The monoisotopic (exact) mass is 508 g/mol. The molecule has 1 aromatic carbocycles. The number of alkyl halides is 5. The molecule has 2 aliphatic carbocycles. The van der Waals surface area contributed by atoms with Crippen molar-refractivity contribution in [1.82, 2.24) is 15.3 Å². The summed E-state index contributed by atoms with van der Waals surface area (Å²) in [7, 11) is 0. The summed E-state index contributed by atoms with van der Waals surface area (Å²) in [6, 6.07) is 4.33. The van der Waals surface area contributed by atoms with Gasteiger partial charge in [0.1, 0.15) is 5.82 Å². The average molecular weight is 509 g/mol. The number of rotatable bonds is 7. The third kappa shape index (κ3) is 6.19. The zero-order chi connectivity index (χ0) is 24.0. The highest BCUT2D eigenvalue weighted by atomic mass is 35.5. The Labute approximate surface area is 200 Å². The van der Waals surface area contributed by atoms with E-state index in [1.54, 1.807) is 12.1 Å². The molecule has 4 rings (SSSR count). The number of aromatic amines is 1. The van der Waals surface area contributed by atoms with Gasteiger partial charge in [0, 0.05) is 19.3 Å². The molecule has 2 aliphatic rings. The van der Waals surface area contributed by atoms with Crippen molar-refractivity contribution >= 4 is 29.3 Å². The first-order valence-electron chi connectivity index (χ1n) is 11.4. The Bertz CT molecular complexity index is 1010. The zero-order valence-electron chi connectivity index (χ0n) is 18.8. The van der Waals surface area contributed by atoms with Crippen molar-refractivity contribution in [2.24, 2.45) is 23.5 Å². The lowest BCUT2D eigenvalue weighted by Gasteiger charge is -2.31. The number of carbonyl (C=O) groups excluding carboxylic acids is 1. The number of nitrogens with zero attached hydrogens (tertiary/aromatic N) is 1. The normalized spacial score (nSPS) is 23.1. The van der Waals surface area contributed by atoms with Gasteiger partial charge in [-0.15, -0.1) is 12.4 Å². The summed E-state index contributed by atoms with van der Waals surface area (Å²) in [5, 5.41) is 2.77. The summed E-state index contributed by atoms with van der Waals surface area (Å²) < 4.78 is 66.1. The van der Waals surface area contributed by atoms with E-state index in [0.29, 0.717) is 29.7 Å². The number of amides is 1. The Morgan fingerprint density at radius 3 is 2.59 bits per heavy atom. The van der Waals surface area contributed by atoms with Crippen molar-refractivity contribution in [2.75, 3.05) is 0 Å². The van der Waals surface area contributed by atoms with Crippen LogP contribution >= 0.6 is 12.4 Å². The minimum absolute atomic E-state index is 0. The van der Waals surface area contributed by atoms with Crippen LogP contribution in [0.25, 0.3) is 11.0 Å². The molecule has 0 saturated heterocycles. The van der Waals surface area contributed by atoms with Crippen LogP contribution in [-0.2, 0) is 4.79 Å². The van der Waals surface area contributed by atoms with Crippen LogP contribution in [0.1, 0.15) is 75.3 Å². The van der Waals surface area contributed by atoms with Gasteiger partial charge in [0.25, 0.3) is 0 Å². The topological polar surface area (TPSA) is 83.8 Å². The lowest BCUT2D eigenvalue weighted by atomic mass is 9.82. The van der Waals surface area contributed by atoms with Crippen molar-refractivity contribution in [3.8, 4) is 0 Å². The van der Waals surface area contributed by atoms with E-state index in [4.69, 9.17) is 5.73 Å². The summed E-state index contributed by atoms with van der Waals surface area (Å²) in [4.78, 5) is 19.9. The number of carbonyl (C=O) groups is 1. The molecule has 0 aliphatic heterocycles. The Kier molecular flexibility index (Phi) is 7.82. The maximum Gasteiger partial charge on any atom is 0.392 e. The molecule has 1 amide bonds. The Morgan fingerprint density at radius 2 is 1.97 bits per heavy atom. The number of hydrogen-bond acceptors (Lipinski definition) is 3. The molecule has 0 radical (unpaired) electrons. The maximum absolute atomic E-state index is 13.8. The average Bonchev–Trinajstić information content (AvgIpc) is 3.47. The van der Waals surface area contributed by atoms with Crippen LogP contribution < -0.4 is 11.1 Å². The summed E-state index contributed by atoms with van der Waals surface area (Å²) in [5.41, 5.74) is 8.33. The van der Waals surface area contributed by atoms with E-state index in [2.05, 4.69) is 15.3 Å². The molecule has 1 heterocycles. The lowest BCUT2D eigenvalue weighted by Crippen LogP contribution is -2.33. The largest absolute Gasteiger partial charge is 0.392 e. The van der Waals surface area contributed by atoms with Gasteiger partial charge in [0.15, 0.2) is 0 Å². The number of benzene rings is 1. The van der Waals surface area contributed by atoms with Crippen molar-refractivity contribution in [2.45, 2.75) is 76.1 Å². The van der Waals surface area contributed by atoms with Gasteiger partial charge in [0.2, 0.25) is 11.8 Å². The molecule has 2 aromatic rings. The molecule has 0 spiro atoms. The van der Waals surface area contributed by atoms with Crippen LogP contribution in [0.3, 0.4) is 0 Å². The van der Waals surface area contributed by atoms with Crippen molar-refractivity contribution in [3.63, 3.8) is 0 Å². The molecule has 2 saturated carbocycles. The standard InChI is InChI=1S/C23H29F5N4O.ClH/c1-12(23(26,27)28)9-18(33)32-20(13-4-5-13)14-6-7-16-17(10-14)31-21(30-16)19(29)15-3-2-8-22(24,25)11-15;/h6-7,10,12-13,15,19-20H,2-5,8-9,11,29H2,1H3,(H,30,31)(H,32,33);1H/t12?,15-,19+,20-;/m1./s1. The van der Waals surface area contributed by atoms with E-state index in [1.807, 2.05) is 6.07 Å². The van der Waals surface area contributed by atoms with Crippen LogP contribution in [0.5, 0.6) is 0 Å². The van der Waals surface area contributed by atoms with Crippen LogP contribution in [0.4, 0.5) is 22.0 Å². The molecule has 11 heteroatoms. The number of aromatic nitrogens is 2. The fourth-order valence-electron chi connectivity index (χ4n) is 4.67. The Hall–Kier alpha value is -1.94. The zero-order valence-corrected chi connectivity index (χ0v) is 19.6. The highest BCUT2D eigenvalue weighted by molar-refractivity contribution is 5.85. The number of H-pyrrole nitrogens is 1. The summed E-state index contributed by atoms with van der Waals surface area (Å²) in [5.74, 6) is -4.83. The van der Waals surface area contributed by atoms with Gasteiger partial charge >= 0.3 is 6.18 Å². The summed E-state index contributed by atoms with van der Waals surface area (Å²) in [6.07, 6.45) is -2.61. The molecule has 190 valence electrons. The van der Waals surface area contributed by atoms with E-state index in [0.717, 1.165) is 25.3 Å². The molecule has 34 heavy (non-hydrogen) atoms. The van der Waals surface area contributed by atoms with Crippen molar-refractivity contribution in [3.05, 3.63) is 29.6 Å². The molecule has 1 unspecified atom stereocenters. The molecule has 4 N–H and O–H groups in total.